The molecule has 0 aromatic rings. The fraction of sp³-hybridized carbons (Fsp3) is 0.750. The summed E-state index contributed by atoms with van der Waals surface area (Å²) in [5, 5.41) is 6.12. The van der Waals surface area contributed by atoms with E-state index in [2.05, 4.69) is 24.5 Å². The summed E-state index contributed by atoms with van der Waals surface area (Å²) >= 11 is 7.41. The molecule has 1 aliphatic heterocycles. The van der Waals surface area contributed by atoms with E-state index in [-0.39, 0.29) is 11.4 Å². The molecule has 2 N–H and O–H groups in total. The van der Waals surface area contributed by atoms with Gasteiger partial charge in [0.25, 0.3) is 0 Å². The zero-order chi connectivity index (χ0) is 17.8. The third kappa shape index (κ3) is 5.43. The lowest BCUT2D eigenvalue weighted by Gasteiger charge is -2.35. The van der Waals surface area contributed by atoms with Gasteiger partial charge in [-0.2, -0.15) is 0 Å². The Morgan fingerprint density at radius 2 is 1.60 bits per heavy atom. The van der Waals surface area contributed by atoms with E-state index in [1.165, 1.54) is 68.7 Å². The number of allylic oxidation sites excluding steroid dienone is 1. The van der Waals surface area contributed by atoms with E-state index >= 15 is 0 Å². The van der Waals surface area contributed by atoms with Gasteiger partial charge in [-0.25, -0.2) is 0 Å². The van der Waals surface area contributed by atoms with E-state index in [1.54, 1.807) is 6.20 Å². The third-order valence-corrected chi connectivity index (χ3v) is 7.33. The van der Waals surface area contributed by atoms with Crippen LogP contribution in [-0.2, 0) is 4.79 Å². The Morgan fingerprint density at radius 1 is 1.08 bits per heavy atom. The van der Waals surface area contributed by atoms with Gasteiger partial charge in [-0.3, -0.25) is 4.79 Å². The summed E-state index contributed by atoms with van der Waals surface area (Å²) in [5.74, 6) is 2.91. The van der Waals surface area contributed by atoms with Crippen molar-refractivity contribution in [1.29, 1.82) is 0 Å². The monoisotopic (exact) mass is 382 g/mol. The summed E-state index contributed by atoms with van der Waals surface area (Å²) in [6, 6.07) is 0. The molecule has 25 heavy (non-hydrogen) atoms. The number of hydrogen-bond acceptors (Lipinski definition) is 3. The largest absolute Gasteiger partial charge is 0.361 e. The van der Waals surface area contributed by atoms with Crippen molar-refractivity contribution < 1.29 is 4.79 Å². The van der Waals surface area contributed by atoms with Crippen LogP contribution in [0, 0.1) is 23.7 Å². The van der Waals surface area contributed by atoms with Crippen LogP contribution in [0.4, 0.5) is 0 Å². The van der Waals surface area contributed by atoms with Gasteiger partial charge in [0.15, 0.2) is 5.50 Å². The van der Waals surface area contributed by atoms with Gasteiger partial charge >= 0.3 is 0 Å². The van der Waals surface area contributed by atoms with Crippen LogP contribution < -0.4 is 10.6 Å². The molecule has 3 rings (SSSR count). The van der Waals surface area contributed by atoms with Crippen molar-refractivity contribution in [2.45, 2.75) is 70.7 Å². The topological polar surface area (TPSA) is 41.1 Å². The Balaban J connectivity index is 1.67. The van der Waals surface area contributed by atoms with Crippen LogP contribution in [0.1, 0.15) is 65.2 Å². The molecule has 0 bridgehead atoms. The SMILES string of the molecule is CC1CCC(C(=CC(=O)NC2NC=C(Cl)S2)C2CCC(C)CC2)CC1. The Bertz CT molecular complexity index is 508. The van der Waals surface area contributed by atoms with E-state index in [4.69, 9.17) is 11.6 Å². The molecule has 2 aliphatic carbocycles. The summed E-state index contributed by atoms with van der Waals surface area (Å²) < 4.78 is 0.692. The van der Waals surface area contributed by atoms with E-state index in [0.29, 0.717) is 16.2 Å². The normalized spacial score (nSPS) is 35.5. The van der Waals surface area contributed by atoms with Gasteiger partial charge in [0.05, 0.1) is 4.36 Å². The first-order chi connectivity index (χ1) is 12.0. The first kappa shape index (κ1) is 19.2. The molecule has 0 radical (unpaired) electrons. The summed E-state index contributed by atoms with van der Waals surface area (Å²) in [4.78, 5) is 12.6. The van der Waals surface area contributed by atoms with Crippen LogP contribution in [0.5, 0.6) is 0 Å². The van der Waals surface area contributed by atoms with Crippen LogP contribution in [0.25, 0.3) is 0 Å². The van der Waals surface area contributed by atoms with Crippen molar-refractivity contribution in [1.82, 2.24) is 10.6 Å². The van der Waals surface area contributed by atoms with Gasteiger partial charge in [0.1, 0.15) is 0 Å². The summed E-state index contributed by atoms with van der Waals surface area (Å²) in [5.41, 5.74) is 1.29. The Kier molecular flexibility index (Phi) is 6.79. The maximum Gasteiger partial charge on any atom is 0.246 e. The molecule has 0 aromatic carbocycles. The standard InChI is InChI=1S/C20H31ClN2OS/c1-13-3-7-15(8-4-13)17(16-9-5-14(2)6-10-16)11-19(24)23-20-22-12-18(21)25-20/h11-16,20,22H,3-10H2,1-2H3,(H,23,24). The highest BCUT2D eigenvalue weighted by Gasteiger charge is 2.30. The van der Waals surface area contributed by atoms with Crippen LogP contribution >= 0.6 is 23.4 Å². The summed E-state index contributed by atoms with van der Waals surface area (Å²) in [6.07, 6.45) is 13.9. The molecular formula is C20H31ClN2OS. The van der Waals surface area contributed by atoms with Gasteiger partial charge in [0.2, 0.25) is 5.91 Å². The molecule has 2 fully saturated rings. The van der Waals surface area contributed by atoms with E-state index in [0.717, 1.165) is 11.8 Å². The average Bonchev–Trinajstić information content (AvgIpc) is 2.99. The Labute approximate surface area is 161 Å². The smallest absolute Gasteiger partial charge is 0.246 e. The Hall–Kier alpha value is -0.610. The van der Waals surface area contributed by atoms with Crippen molar-refractivity contribution in [2.24, 2.45) is 23.7 Å². The number of halogens is 1. The number of rotatable bonds is 4. The number of thioether (sulfide) groups is 1. The molecule has 2 saturated carbocycles. The summed E-state index contributed by atoms with van der Waals surface area (Å²) in [7, 11) is 0. The maximum atomic E-state index is 12.6. The highest BCUT2D eigenvalue weighted by molar-refractivity contribution is 8.05. The molecule has 3 nitrogen and oxygen atoms in total. The second-order valence-corrected chi connectivity index (χ2v) is 9.96. The first-order valence-electron chi connectivity index (χ1n) is 9.81. The molecule has 0 aromatic heterocycles. The zero-order valence-electron chi connectivity index (χ0n) is 15.4. The summed E-state index contributed by atoms with van der Waals surface area (Å²) in [6.45, 7) is 4.71. The predicted molar refractivity (Wildman–Crippen MR) is 107 cm³/mol. The number of amides is 1. The van der Waals surface area contributed by atoms with E-state index in [9.17, 15) is 4.79 Å². The Morgan fingerprint density at radius 3 is 2.04 bits per heavy atom. The minimum absolute atomic E-state index is 0.0250. The molecule has 1 heterocycles. The van der Waals surface area contributed by atoms with Crippen LogP contribution in [0.15, 0.2) is 22.2 Å². The fourth-order valence-electron chi connectivity index (χ4n) is 4.47. The second kappa shape index (κ2) is 8.85. The van der Waals surface area contributed by atoms with Gasteiger partial charge in [-0.15, -0.1) is 0 Å². The van der Waals surface area contributed by atoms with Crippen molar-refractivity contribution >= 4 is 29.3 Å². The number of carbonyl (C=O) groups is 1. The van der Waals surface area contributed by atoms with Gasteiger partial charge < -0.3 is 10.6 Å². The lowest BCUT2D eigenvalue weighted by atomic mass is 9.70. The van der Waals surface area contributed by atoms with Crippen LogP contribution in [-0.4, -0.2) is 11.4 Å². The van der Waals surface area contributed by atoms with Crippen LogP contribution in [0.3, 0.4) is 0 Å². The molecule has 1 unspecified atom stereocenters. The van der Waals surface area contributed by atoms with Crippen molar-refractivity contribution in [2.75, 3.05) is 0 Å². The molecule has 0 spiro atoms. The quantitative estimate of drug-likeness (QED) is 0.645. The zero-order valence-corrected chi connectivity index (χ0v) is 17.0. The van der Waals surface area contributed by atoms with Crippen LogP contribution in [0.2, 0.25) is 0 Å². The minimum atomic E-state index is -0.143. The van der Waals surface area contributed by atoms with Gasteiger partial charge in [-0.1, -0.05) is 68.5 Å². The van der Waals surface area contributed by atoms with E-state index in [1.807, 2.05) is 6.08 Å². The fourth-order valence-corrected chi connectivity index (χ4v) is 5.47. The van der Waals surface area contributed by atoms with Crippen molar-refractivity contribution in [3.05, 3.63) is 22.2 Å². The highest BCUT2D eigenvalue weighted by atomic mass is 35.5. The van der Waals surface area contributed by atoms with Gasteiger partial charge in [0, 0.05) is 12.3 Å². The molecule has 140 valence electrons. The molecule has 5 heteroatoms. The lowest BCUT2D eigenvalue weighted by molar-refractivity contribution is -0.116. The second-order valence-electron chi connectivity index (χ2n) is 8.18. The molecular weight excluding hydrogens is 352 g/mol. The lowest BCUT2D eigenvalue weighted by Crippen LogP contribution is -2.38. The number of carbonyl (C=O) groups excluding carboxylic acids is 1. The average molecular weight is 383 g/mol. The van der Waals surface area contributed by atoms with E-state index < -0.39 is 0 Å². The van der Waals surface area contributed by atoms with Gasteiger partial charge in [-0.05, 0) is 49.4 Å². The number of hydrogen-bond donors (Lipinski definition) is 2. The minimum Gasteiger partial charge on any atom is -0.361 e. The highest BCUT2D eigenvalue weighted by Crippen LogP contribution is 2.41. The van der Waals surface area contributed by atoms with Crippen molar-refractivity contribution in [3.8, 4) is 0 Å². The number of nitrogens with one attached hydrogen (secondary N) is 2. The first-order valence-corrected chi connectivity index (χ1v) is 11.1. The third-order valence-electron chi connectivity index (χ3n) is 6.12. The predicted octanol–water partition coefficient (Wildman–Crippen LogP) is 5.34. The molecule has 1 atom stereocenters. The maximum absolute atomic E-state index is 12.6. The molecule has 0 saturated heterocycles. The van der Waals surface area contributed by atoms with Crippen molar-refractivity contribution in [3.63, 3.8) is 0 Å². The molecule has 1 amide bonds. The molecule has 3 aliphatic rings.